The SMILES string of the molecule is CCC(=O)C(C)S1(O[Cl+3]([O-])([O-])[O-])c2ccccc2Oc2ccccc21. The molecule has 0 aromatic heterocycles. The Morgan fingerprint density at radius 1 is 1.08 bits per heavy atom. The fourth-order valence-electron chi connectivity index (χ4n) is 2.90. The van der Waals surface area contributed by atoms with Crippen LogP contribution in [-0.2, 0) is 8.53 Å². The fourth-order valence-corrected chi connectivity index (χ4v) is 7.77. The maximum atomic E-state index is 12.5. The summed E-state index contributed by atoms with van der Waals surface area (Å²) in [6.45, 7) is 3.28. The molecule has 8 heteroatoms. The Hall–Kier alpha value is -1.61. The highest BCUT2D eigenvalue weighted by atomic mass is 35.7. The topological polar surface area (TPSA) is 105 Å². The number of halogens is 1. The van der Waals surface area contributed by atoms with Crippen molar-refractivity contribution in [2.45, 2.75) is 35.3 Å². The Morgan fingerprint density at radius 2 is 1.56 bits per heavy atom. The standard InChI is InChI=1S/C17H17ClO6S/c1-3-13(19)12(2)25(24-18(20,21)22)16-10-6-4-8-14(16)23-15-9-5-7-11-17(15)25/h4-12H,3H2,1-2H3. The summed E-state index contributed by atoms with van der Waals surface area (Å²) in [4.78, 5) is 13.3. The molecule has 2 aromatic carbocycles. The van der Waals surface area contributed by atoms with Crippen molar-refractivity contribution < 1.29 is 37.5 Å². The van der Waals surface area contributed by atoms with E-state index in [0.717, 1.165) is 0 Å². The molecule has 0 amide bonds. The van der Waals surface area contributed by atoms with Crippen molar-refractivity contribution in [2.24, 2.45) is 0 Å². The van der Waals surface area contributed by atoms with Crippen LogP contribution in [0.3, 0.4) is 0 Å². The Kier molecular flexibility index (Phi) is 4.80. The third kappa shape index (κ3) is 3.15. The van der Waals surface area contributed by atoms with E-state index < -0.39 is 25.8 Å². The molecule has 0 radical (unpaired) electrons. The van der Waals surface area contributed by atoms with Crippen LogP contribution in [0.25, 0.3) is 0 Å². The minimum Gasteiger partial charge on any atom is -0.455 e. The highest BCUT2D eigenvalue weighted by Gasteiger charge is 2.55. The highest BCUT2D eigenvalue weighted by molar-refractivity contribution is 8.31. The molecule has 6 nitrogen and oxygen atoms in total. The average Bonchev–Trinajstić information content (AvgIpc) is 2.59. The largest absolute Gasteiger partial charge is 0.455 e. The molecule has 0 saturated carbocycles. The van der Waals surface area contributed by atoms with Gasteiger partial charge in [-0.15, -0.1) is 0 Å². The monoisotopic (exact) mass is 384 g/mol. The first-order valence-corrected chi connectivity index (χ1v) is 10.5. The second kappa shape index (κ2) is 6.60. The van der Waals surface area contributed by atoms with Crippen LogP contribution in [0.5, 0.6) is 11.5 Å². The molecular weight excluding hydrogens is 368 g/mol. The molecule has 0 fully saturated rings. The van der Waals surface area contributed by atoms with E-state index in [9.17, 15) is 18.8 Å². The summed E-state index contributed by atoms with van der Waals surface area (Å²) in [5.74, 6) is 0.567. The molecule has 0 spiro atoms. The summed E-state index contributed by atoms with van der Waals surface area (Å²) >= 11 is 0. The molecular formula is C17H17ClO6S. The zero-order valence-corrected chi connectivity index (χ0v) is 15.2. The van der Waals surface area contributed by atoms with Gasteiger partial charge in [-0.25, -0.2) is 0 Å². The number of Topliss-reactive ketones (excluding diaryl/α,β-unsaturated/α-hetero) is 1. The number of rotatable bonds is 5. The van der Waals surface area contributed by atoms with Crippen molar-refractivity contribution in [3.63, 3.8) is 0 Å². The second-order valence-electron chi connectivity index (χ2n) is 5.50. The quantitative estimate of drug-likeness (QED) is 0.767. The van der Waals surface area contributed by atoms with Gasteiger partial charge in [-0.1, -0.05) is 31.2 Å². The molecule has 1 heterocycles. The minimum absolute atomic E-state index is 0.194. The van der Waals surface area contributed by atoms with Crippen molar-refractivity contribution >= 4 is 16.1 Å². The molecule has 134 valence electrons. The summed E-state index contributed by atoms with van der Waals surface area (Å²) in [7, 11) is -7.72. The summed E-state index contributed by atoms with van der Waals surface area (Å²) in [5.41, 5.74) is 0. The normalized spacial score (nSPS) is 17.6. The van der Waals surface area contributed by atoms with E-state index in [0.29, 0.717) is 21.3 Å². The molecule has 2 aromatic rings. The van der Waals surface area contributed by atoms with Gasteiger partial charge in [-0.05, 0) is 31.2 Å². The number of carbonyl (C=O) groups excluding carboxylic acids is 1. The van der Waals surface area contributed by atoms with Crippen LogP contribution in [0.1, 0.15) is 20.3 Å². The van der Waals surface area contributed by atoms with Crippen LogP contribution in [0, 0.1) is 10.2 Å². The van der Waals surface area contributed by atoms with Crippen LogP contribution in [0.2, 0.25) is 0 Å². The van der Waals surface area contributed by atoms with E-state index in [1.54, 1.807) is 62.4 Å². The van der Waals surface area contributed by atoms with E-state index in [-0.39, 0.29) is 12.2 Å². The minimum atomic E-state index is -4.76. The molecule has 0 N–H and O–H groups in total. The van der Waals surface area contributed by atoms with Gasteiger partial charge >= 0.3 is 0 Å². The van der Waals surface area contributed by atoms with E-state index in [1.165, 1.54) is 0 Å². The Labute approximate surface area is 149 Å². The number of hydrogen-bond donors (Lipinski definition) is 0. The average molecular weight is 385 g/mol. The number of carbonyl (C=O) groups is 1. The molecule has 1 aliphatic rings. The van der Waals surface area contributed by atoms with Gasteiger partial charge in [-0.2, -0.15) is 14.0 Å². The van der Waals surface area contributed by atoms with Crippen LogP contribution >= 0.6 is 10.3 Å². The number of hydrogen-bond acceptors (Lipinski definition) is 6. The Morgan fingerprint density at radius 3 is 2.00 bits per heavy atom. The zero-order chi connectivity index (χ0) is 18.2. The van der Waals surface area contributed by atoms with Crippen molar-refractivity contribution in [1.29, 1.82) is 0 Å². The lowest BCUT2D eigenvalue weighted by molar-refractivity contribution is -1.91. The predicted molar refractivity (Wildman–Crippen MR) is 82.9 cm³/mol. The first-order chi connectivity index (χ1) is 11.8. The number of ketones is 1. The molecule has 1 aliphatic heterocycles. The number of ether oxygens (including phenoxy) is 1. The van der Waals surface area contributed by atoms with Crippen molar-refractivity contribution in [3.05, 3.63) is 48.5 Å². The maximum absolute atomic E-state index is 12.5. The Balaban J connectivity index is 2.34. The molecule has 0 aliphatic carbocycles. The summed E-state index contributed by atoms with van der Waals surface area (Å²) in [5, 5.41) is -0.833. The molecule has 3 rings (SSSR count). The smallest absolute Gasteiger partial charge is 0.147 e. The lowest BCUT2D eigenvalue weighted by Crippen LogP contribution is -2.61. The first-order valence-electron chi connectivity index (χ1n) is 7.62. The third-order valence-electron chi connectivity index (χ3n) is 4.05. The van der Waals surface area contributed by atoms with Gasteiger partial charge in [-0.3, -0.25) is 4.79 Å². The molecule has 1 unspecified atom stereocenters. The van der Waals surface area contributed by atoms with Gasteiger partial charge in [0.2, 0.25) is 0 Å². The zero-order valence-electron chi connectivity index (χ0n) is 13.6. The van der Waals surface area contributed by atoms with Crippen LogP contribution < -0.4 is 18.7 Å². The van der Waals surface area contributed by atoms with Gasteiger partial charge < -0.3 is 4.74 Å². The van der Waals surface area contributed by atoms with E-state index in [2.05, 4.69) is 0 Å². The summed E-state index contributed by atoms with van der Waals surface area (Å²) in [6, 6.07) is 13.4. The van der Waals surface area contributed by atoms with Gasteiger partial charge in [0, 0.05) is 6.42 Å². The molecule has 0 saturated heterocycles. The van der Waals surface area contributed by atoms with E-state index in [1.807, 2.05) is 0 Å². The van der Waals surface area contributed by atoms with Gasteiger partial charge in [0.25, 0.3) is 0 Å². The lowest BCUT2D eigenvalue weighted by atomic mass is 10.2. The lowest BCUT2D eigenvalue weighted by Gasteiger charge is -2.41. The van der Waals surface area contributed by atoms with Crippen LogP contribution in [0.15, 0.2) is 58.3 Å². The molecule has 0 bridgehead atoms. The predicted octanol–water partition coefficient (Wildman–Crippen LogP) is 1.21. The molecule has 1 atom stereocenters. The van der Waals surface area contributed by atoms with Gasteiger partial charge in [0.1, 0.15) is 21.0 Å². The van der Waals surface area contributed by atoms with Crippen molar-refractivity contribution in [3.8, 4) is 11.5 Å². The van der Waals surface area contributed by atoms with Crippen molar-refractivity contribution in [1.82, 2.24) is 0 Å². The van der Waals surface area contributed by atoms with Crippen molar-refractivity contribution in [2.75, 3.05) is 0 Å². The number of benzene rings is 2. The molecule has 25 heavy (non-hydrogen) atoms. The van der Waals surface area contributed by atoms with Gasteiger partial charge in [0.15, 0.2) is 0 Å². The van der Waals surface area contributed by atoms with E-state index in [4.69, 9.17) is 8.47 Å². The van der Waals surface area contributed by atoms with Crippen LogP contribution in [0.4, 0.5) is 0 Å². The third-order valence-corrected chi connectivity index (χ3v) is 8.70. The summed E-state index contributed by atoms with van der Waals surface area (Å²) < 4.78 is 45.8. The van der Waals surface area contributed by atoms with E-state index >= 15 is 0 Å². The second-order valence-corrected chi connectivity index (χ2v) is 9.55. The number of para-hydroxylation sites is 2. The highest BCUT2D eigenvalue weighted by Crippen LogP contribution is 2.74. The number of fused-ring (bicyclic) bond motifs is 2. The Bertz CT molecular complexity index is 758. The maximum Gasteiger partial charge on any atom is 0.147 e. The van der Waals surface area contributed by atoms with Crippen LogP contribution in [-0.4, -0.2) is 11.0 Å². The first kappa shape index (κ1) is 18.2. The summed E-state index contributed by atoms with van der Waals surface area (Å²) in [6.07, 6.45) is 0.195. The fraction of sp³-hybridized carbons (Fsp3) is 0.235. The van der Waals surface area contributed by atoms with Gasteiger partial charge in [0.05, 0.1) is 35.6 Å².